The standard InChI is InChI=1S/C21H26N2O2/c1-3-18(15-7-5-4-6-8-15)21(25)22-14-20(24)17-9-10-19-16(13-17)11-12-23(19)2/h4-10,13,18,20,24H,3,11-12,14H2,1-2H3,(H,22,25)/t18-,20-/m0/s1. The third-order valence-corrected chi connectivity index (χ3v) is 5.01. The van der Waals surface area contributed by atoms with Crippen molar-refractivity contribution in [2.45, 2.75) is 31.8 Å². The average molecular weight is 338 g/mol. The van der Waals surface area contributed by atoms with Gasteiger partial charge in [-0.2, -0.15) is 0 Å². The number of hydrogen-bond donors (Lipinski definition) is 2. The van der Waals surface area contributed by atoms with Crippen molar-refractivity contribution < 1.29 is 9.90 Å². The van der Waals surface area contributed by atoms with Crippen LogP contribution in [0.1, 0.15) is 42.1 Å². The molecule has 2 atom stereocenters. The molecule has 2 N–H and O–H groups in total. The molecule has 1 amide bonds. The maximum atomic E-state index is 12.5. The molecule has 2 aromatic rings. The van der Waals surface area contributed by atoms with Gasteiger partial charge in [-0.1, -0.05) is 49.4 Å². The fourth-order valence-electron chi connectivity index (χ4n) is 3.49. The summed E-state index contributed by atoms with van der Waals surface area (Å²) in [5.41, 5.74) is 4.37. The van der Waals surface area contributed by atoms with Gasteiger partial charge >= 0.3 is 0 Å². The number of likely N-dealkylation sites (N-methyl/N-ethyl adjacent to an activating group) is 1. The predicted octanol–water partition coefficient (Wildman–Crippen LogP) is 3.02. The summed E-state index contributed by atoms with van der Waals surface area (Å²) in [6.45, 7) is 3.25. The molecule has 0 aromatic heterocycles. The molecule has 0 bridgehead atoms. The fraction of sp³-hybridized carbons (Fsp3) is 0.381. The molecule has 0 saturated heterocycles. The van der Waals surface area contributed by atoms with Gasteiger partial charge in [0.1, 0.15) is 0 Å². The summed E-state index contributed by atoms with van der Waals surface area (Å²) in [4.78, 5) is 14.7. The first kappa shape index (κ1) is 17.5. The second kappa shape index (κ2) is 7.70. The molecule has 1 aliphatic heterocycles. The Morgan fingerprint density at radius 3 is 2.68 bits per heavy atom. The molecule has 0 unspecified atom stereocenters. The van der Waals surface area contributed by atoms with E-state index in [-0.39, 0.29) is 18.4 Å². The molecule has 0 saturated carbocycles. The SMILES string of the molecule is CC[C@H](C(=O)NC[C@H](O)c1ccc2c(c1)CCN2C)c1ccccc1. The van der Waals surface area contributed by atoms with Crippen molar-refractivity contribution in [3.63, 3.8) is 0 Å². The van der Waals surface area contributed by atoms with Crippen molar-refractivity contribution in [3.8, 4) is 0 Å². The Morgan fingerprint density at radius 1 is 1.20 bits per heavy atom. The first-order chi connectivity index (χ1) is 12.1. The predicted molar refractivity (Wildman–Crippen MR) is 101 cm³/mol. The summed E-state index contributed by atoms with van der Waals surface area (Å²) in [7, 11) is 2.08. The maximum Gasteiger partial charge on any atom is 0.227 e. The molecule has 3 rings (SSSR count). The Morgan fingerprint density at radius 2 is 1.96 bits per heavy atom. The van der Waals surface area contributed by atoms with Crippen molar-refractivity contribution in [1.29, 1.82) is 0 Å². The van der Waals surface area contributed by atoms with Crippen molar-refractivity contribution >= 4 is 11.6 Å². The highest BCUT2D eigenvalue weighted by Crippen LogP contribution is 2.29. The summed E-state index contributed by atoms with van der Waals surface area (Å²) >= 11 is 0. The van der Waals surface area contributed by atoms with Gasteiger partial charge < -0.3 is 15.3 Å². The van der Waals surface area contributed by atoms with E-state index in [9.17, 15) is 9.90 Å². The van der Waals surface area contributed by atoms with Gasteiger partial charge in [0.25, 0.3) is 0 Å². The zero-order valence-electron chi connectivity index (χ0n) is 14.9. The van der Waals surface area contributed by atoms with Gasteiger partial charge in [-0.05, 0) is 35.6 Å². The number of aliphatic hydroxyl groups excluding tert-OH is 1. The molecular formula is C21H26N2O2. The minimum Gasteiger partial charge on any atom is -0.387 e. The lowest BCUT2D eigenvalue weighted by Crippen LogP contribution is -2.32. The van der Waals surface area contributed by atoms with Gasteiger partial charge in [-0.15, -0.1) is 0 Å². The Hall–Kier alpha value is -2.33. The van der Waals surface area contributed by atoms with Gasteiger partial charge in [0.05, 0.1) is 12.0 Å². The lowest BCUT2D eigenvalue weighted by Gasteiger charge is -2.18. The van der Waals surface area contributed by atoms with E-state index in [0.717, 1.165) is 30.5 Å². The van der Waals surface area contributed by atoms with Gasteiger partial charge in [0, 0.05) is 25.8 Å². The highest BCUT2D eigenvalue weighted by Gasteiger charge is 2.21. The smallest absolute Gasteiger partial charge is 0.227 e. The number of nitrogens with one attached hydrogen (secondary N) is 1. The minimum absolute atomic E-state index is 0.0337. The molecule has 2 aromatic carbocycles. The second-order valence-electron chi connectivity index (χ2n) is 6.69. The van der Waals surface area contributed by atoms with Crippen LogP contribution in [-0.4, -0.2) is 31.2 Å². The molecule has 4 nitrogen and oxygen atoms in total. The average Bonchev–Trinajstić information content (AvgIpc) is 3.01. The summed E-state index contributed by atoms with van der Waals surface area (Å²) in [6, 6.07) is 15.9. The number of carbonyl (C=O) groups is 1. The number of nitrogens with zero attached hydrogens (tertiary/aromatic N) is 1. The first-order valence-corrected chi connectivity index (χ1v) is 8.94. The van der Waals surface area contributed by atoms with Crippen molar-refractivity contribution in [1.82, 2.24) is 5.32 Å². The van der Waals surface area contributed by atoms with Gasteiger partial charge in [-0.25, -0.2) is 0 Å². The third kappa shape index (κ3) is 3.85. The lowest BCUT2D eigenvalue weighted by molar-refractivity contribution is -0.123. The first-order valence-electron chi connectivity index (χ1n) is 8.94. The molecule has 1 heterocycles. The zero-order chi connectivity index (χ0) is 17.8. The molecule has 0 spiro atoms. The molecule has 25 heavy (non-hydrogen) atoms. The number of fused-ring (bicyclic) bond motifs is 1. The monoisotopic (exact) mass is 338 g/mol. The summed E-state index contributed by atoms with van der Waals surface area (Å²) in [5.74, 6) is -0.212. The van der Waals surface area contributed by atoms with E-state index < -0.39 is 6.10 Å². The Kier molecular flexibility index (Phi) is 5.39. The van der Waals surface area contributed by atoms with E-state index in [1.165, 1.54) is 11.3 Å². The molecule has 1 aliphatic rings. The number of anilines is 1. The van der Waals surface area contributed by atoms with Crippen LogP contribution in [0.3, 0.4) is 0 Å². The second-order valence-corrected chi connectivity index (χ2v) is 6.69. The van der Waals surface area contributed by atoms with Crippen LogP contribution in [0.25, 0.3) is 0 Å². The van der Waals surface area contributed by atoms with E-state index in [2.05, 4.69) is 29.4 Å². The van der Waals surface area contributed by atoms with Crippen molar-refractivity contribution in [3.05, 3.63) is 65.2 Å². The number of benzene rings is 2. The van der Waals surface area contributed by atoms with Crippen molar-refractivity contribution in [2.75, 3.05) is 25.0 Å². The Balaban J connectivity index is 1.62. The topological polar surface area (TPSA) is 52.6 Å². The van der Waals surface area contributed by atoms with E-state index in [1.807, 2.05) is 43.3 Å². The molecular weight excluding hydrogens is 312 g/mol. The highest BCUT2D eigenvalue weighted by molar-refractivity contribution is 5.83. The number of aliphatic hydroxyl groups is 1. The van der Waals surface area contributed by atoms with Crippen LogP contribution in [0.4, 0.5) is 5.69 Å². The lowest BCUT2D eigenvalue weighted by atomic mass is 9.95. The molecule has 132 valence electrons. The van der Waals surface area contributed by atoms with Crippen LogP contribution in [0, 0.1) is 0 Å². The van der Waals surface area contributed by atoms with Crippen LogP contribution in [0.5, 0.6) is 0 Å². The number of rotatable bonds is 6. The third-order valence-electron chi connectivity index (χ3n) is 5.01. The summed E-state index contributed by atoms with van der Waals surface area (Å²) in [5, 5.41) is 13.4. The van der Waals surface area contributed by atoms with E-state index in [4.69, 9.17) is 0 Å². The van der Waals surface area contributed by atoms with Crippen LogP contribution in [0.15, 0.2) is 48.5 Å². The van der Waals surface area contributed by atoms with E-state index in [0.29, 0.717) is 0 Å². The molecule has 0 radical (unpaired) electrons. The van der Waals surface area contributed by atoms with Crippen LogP contribution < -0.4 is 10.2 Å². The maximum absolute atomic E-state index is 12.5. The van der Waals surface area contributed by atoms with Crippen LogP contribution in [-0.2, 0) is 11.2 Å². The fourth-order valence-corrected chi connectivity index (χ4v) is 3.49. The number of carbonyl (C=O) groups excluding carboxylic acids is 1. The summed E-state index contributed by atoms with van der Waals surface area (Å²) in [6.07, 6.45) is 1.05. The molecule has 0 fully saturated rings. The van der Waals surface area contributed by atoms with E-state index in [1.54, 1.807) is 0 Å². The van der Waals surface area contributed by atoms with E-state index >= 15 is 0 Å². The normalized spacial score (nSPS) is 15.6. The molecule has 0 aliphatic carbocycles. The number of amides is 1. The highest BCUT2D eigenvalue weighted by atomic mass is 16.3. The van der Waals surface area contributed by atoms with Gasteiger partial charge in [0.15, 0.2) is 0 Å². The minimum atomic E-state index is -0.687. The largest absolute Gasteiger partial charge is 0.387 e. The summed E-state index contributed by atoms with van der Waals surface area (Å²) < 4.78 is 0. The zero-order valence-corrected chi connectivity index (χ0v) is 14.9. The Bertz CT molecular complexity index is 730. The Labute approximate surface area is 149 Å². The molecule has 4 heteroatoms. The van der Waals surface area contributed by atoms with Crippen LogP contribution in [0.2, 0.25) is 0 Å². The van der Waals surface area contributed by atoms with Gasteiger partial charge in [0.2, 0.25) is 5.91 Å². The number of hydrogen-bond acceptors (Lipinski definition) is 3. The quantitative estimate of drug-likeness (QED) is 0.851. The van der Waals surface area contributed by atoms with Crippen molar-refractivity contribution in [2.24, 2.45) is 0 Å². The van der Waals surface area contributed by atoms with Gasteiger partial charge in [-0.3, -0.25) is 4.79 Å². The van der Waals surface area contributed by atoms with Crippen LogP contribution >= 0.6 is 0 Å².